The first-order valence-electron chi connectivity index (χ1n) is 15.3. The Morgan fingerprint density at radius 2 is 1.87 bits per heavy atom. The van der Waals surface area contributed by atoms with Crippen LogP contribution in [0.15, 0.2) is 48.7 Å². The molecule has 0 spiro atoms. The highest BCUT2D eigenvalue weighted by molar-refractivity contribution is 6.30. The number of hydrogen-bond donors (Lipinski definition) is 1. The van der Waals surface area contributed by atoms with Crippen LogP contribution in [0, 0.1) is 5.82 Å². The summed E-state index contributed by atoms with van der Waals surface area (Å²) in [6.07, 6.45) is 0.464. The number of H-pyrrole nitrogens is 1. The summed E-state index contributed by atoms with van der Waals surface area (Å²) < 4.78 is 72.5. The number of pyridine rings is 1. The number of aromatic amines is 1. The largest absolute Gasteiger partial charge is 0.451 e. The second-order valence-electron chi connectivity index (χ2n) is 12.2. The van der Waals surface area contributed by atoms with Gasteiger partial charge in [-0.25, -0.2) is 9.37 Å². The Morgan fingerprint density at radius 3 is 2.59 bits per heavy atom. The molecule has 8 nitrogen and oxygen atoms in total. The molecule has 46 heavy (non-hydrogen) atoms. The molecule has 3 aliphatic rings. The fourth-order valence-electron chi connectivity index (χ4n) is 6.67. The van der Waals surface area contributed by atoms with E-state index in [0.717, 1.165) is 55.6 Å². The number of piperidine rings is 1. The van der Waals surface area contributed by atoms with Crippen molar-refractivity contribution >= 4 is 11.6 Å². The first kappa shape index (κ1) is 30.9. The Morgan fingerprint density at radius 1 is 1.04 bits per heavy atom. The van der Waals surface area contributed by atoms with Crippen molar-refractivity contribution < 1.29 is 31.8 Å². The molecule has 1 N–H and O–H groups in total. The fraction of sp³-hybridized carbons (Fsp3) is 0.424. The summed E-state index contributed by atoms with van der Waals surface area (Å²) in [4.78, 5) is 10.7. The van der Waals surface area contributed by atoms with Crippen LogP contribution in [-0.2, 0) is 23.2 Å². The molecule has 5 heterocycles. The lowest BCUT2D eigenvalue weighted by Crippen LogP contribution is -2.34. The molecule has 0 saturated carbocycles. The SMILES string of the molecule is C[C@]1(c2ccc(Cl)cc2F)Oc2cccc(C3CCN(Cc4ncc(-c5n[nH]c(C(F)(F)F)n5)cc4C4CCCOC4)CC3)c2O1. The van der Waals surface area contributed by atoms with Gasteiger partial charge in [-0.1, -0.05) is 23.7 Å². The summed E-state index contributed by atoms with van der Waals surface area (Å²) in [5, 5.41) is 6.09. The molecule has 2 saturated heterocycles. The number of hydrogen-bond acceptors (Lipinski definition) is 7. The minimum Gasteiger partial charge on any atom is -0.444 e. The minimum atomic E-state index is -4.61. The molecule has 0 amide bonds. The maximum Gasteiger partial charge on any atom is 0.451 e. The topological polar surface area (TPSA) is 85.4 Å². The lowest BCUT2D eigenvalue weighted by atomic mass is 9.88. The van der Waals surface area contributed by atoms with Gasteiger partial charge >= 0.3 is 6.18 Å². The first-order chi connectivity index (χ1) is 22.1. The molecule has 0 radical (unpaired) electrons. The molecule has 1 unspecified atom stereocenters. The predicted octanol–water partition coefficient (Wildman–Crippen LogP) is 7.60. The quantitative estimate of drug-likeness (QED) is 0.214. The highest BCUT2D eigenvalue weighted by Crippen LogP contribution is 2.50. The van der Waals surface area contributed by atoms with Crippen molar-refractivity contribution in [3.05, 3.63) is 87.7 Å². The van der Waals surface area contributed by atoms with Crippen molar-refractivity contribution in [2.75, 3.05) is 26.3 Å². The van der Waals surface area contributed by atoms with Gasteiger partial charge in [-0.15, -0.1) is 0 Å². The Bertz CT molecular complexity index is 1740. The van der Waals surface area contributed by atoms with E-state index in [1.54, 1.807) is 25.3 Å². The normalized spacial score (nSPS) is 22.3. The van der Waals surface area contributed by atoms with Gasteiger partial charge in [0.25, 0.3) is 5.79 Å². The molecular weight excluding hydrogens is 626 g/mol. The van der Waals surface area contributed by atoms with Gasteiger partial charge in [0, 0.05) is 48.3 Å². The Hall–Kier alpha value is -3.74. The van der Waals surface area contributed by atoms with Crippen molar-refractivity contribution in [2.24, 2.45) is 0 Å². The van der Waals surface area contributed by atoms with Gasteiger partial charge < -0.3 is 14.2 Å². The van der Waals surface area contributed by atoms with Crippen LogP contribution in [0.2, 0.25) is 5.02 Å². The summed E-state index contributed by atoms with van der Waals surface area (Å²) in [7, 11) is 0. The van der Waals surface area contributed by atoms with E-state index >= 15 is 0 Å². The number of likely N-dealkylation sites (tertiary alicyclic amines) is 1. The summed E-state index contributed by atoms with van der Waals surface area (Å²) in [6, 6.07) is 12.1. The first-order valence-corrected chi connectivity index (χ1v) is 15.7. The van der Waals surface area contributed by atoms with E-state index in [9.17, 15) is 17.6 Å². The molecular formula is C33H32ClF4N5O3. The summed E-state index contributed by atoms with van der Waals surface area (Å²) in [5.41, 5.74) is 3.57. The molecule has 2 atom stereocenters. The highest BCUT2D eigenvalue weighted by Gasteiger charge is 2.43. The van der Waals surface area contributed by atoms with Gasteiger partial charge in [-0.3, -0.25) is 15.0 Å². The number of alkyl halides is 3. The van der Waals surface area contributed by atoms with Crippen molar-refractivity contribution in [1.82, 2.24) is 25.1 Å². The third-order valence-electron chi connectivity index (χ3n) is 9.05. The third-order valence-corrected chi connectivity index (χ3v) is 9.28. The lowest BCUT2D eigenvalue weighted by molar-refractivity contribution is -0.144. The standard InChI is InChI=1S/C33H32ClF4N5O3/c1-32(25-8-7-22(34)15-26(25)35)45-28-6-2-5-23(29(28)46-32)19-9-11-43(12-10-19)17-27-24(20-4-3-13-44-18-20)14-21(16-39-27)30-40-31(42-41-30)33(36,37)38/h2,5-8,14-16,19-20H,3-4,9-13,17-18H2,1H3,(H,40,41,42)/t20?,32-/m0/s1. The van der Waals surface area contributed by atoms with Gasteiger partial charge in [0.05, 0.1) is 17.9 Å². The Labute approximate surface area is 268 Å². The van der Waals surface area contributed by atoms with Crippen molar-refractivity contribution in [3.8, 4) is 22.9 Å². The van der Waals surface area contributed by atoms with Gasteiger partial charge in [0.2, 0.25) is 5.82 Å². The van der Waals surface area contributed by atoms with E-state index in [4.69, 9.17) is 30.8 Å². The summed E-state index contributed by atoms with van der Waals surface area (Å²) >= 11 is 5.97. The molecule has 2 aromatic carbocycles. The highest BCUT2D eigenvalue weighted by atomic mass is 35.5. The zero-order chi connectivity index (χ0) is 32.1. The van der Waals surface area contributed by atoms with Crippen LogP contribution in [0.4, 0.5) is 17.6 Å². The molecule has 0 aliphatic carbocycles. The van der Waals surface area contributed by atoms with Crippen molar-refractivity contribution in [1.29, 1.82) is 0 Å². The minimum absolute atomic E-state index is 0.0401. The number of para-hydroxylation sites is 1. The van der Waals surface area contributed by atoms with Crippen LogP contribution in [0.3, 0.4) is 0 Å². The monoisotopic (exact) mass is 657 g/mol. The molecule has 242 valence electrons. The average Bonchev–Trinajstić information content (AvgIpc) is 3.68. The van der Waals surface area contributed by atoms with E-state index < -0.39 is 23.6 Å². The van der Waals surface area contributed by atoms with Crippen LogP contribution in [0.5, 0.6) is 11.5 Å². The number of halogens is 5. The average molecular weight is 658 g/mol. The number of ether oxygens (including phenoxy) is 3. The zero-order valence-corrected chi connectivity index (χ0v) is 25.8. The van der Waals surface area contributed by atoms with Crippen LogP contribution < -0.4 is 9.47 Å². The third kappa shape index (κ3) is 6.05. The smallest absolute Gasteiger partial charge is 0.444 e. The second-order valence-corrected chi connectivity index (χ2v) is 12.6. The van der Waals surface area contributed by atoms with Crippen LogP contribution in [0.25, 0.3) is 11.4 Å². The molecule has 0 bridgehead atoms. The molecule has 2 aromatic heterocycles. The number of nitrogens with one attached hydrogen (secondary N) is 1. The number of rotatable bonds is 6. The van der Waals surface area contributed by atoms with E-state index in [-0.39, 0.29) is 23.2 Å². The predicted molar refractivity (Wildman–Crippen MR) is 161 cm³/mol. The second kappa shape index (κ2) is 12.1. The number of fused-ring (bicyclic) bond motifs is 1. The molecule has 4 aromatic rings. The van der Waals surface area contributed by atoms with E-state index in [1.807, 2.05) is 29.4 Å². The van der Waals surface area contributed by atoms with Crippen LogP contribution in [0.1, 0.15) is 72.7 Å². The lowest BCUT2D eigenvalue weighted by Gasteiger charge is -2.33. The van der Waals surface area contributed by atoms with E-state index in [1.165, 1.54) is 6.07 Å². The van der Waals surface area contributed by atoms with Crippen molar-refractivity contribution in [3.63, 3.8) is 0 Å². The van der Waals surface area contributed by atoms with E-state index in [2.05, 4.69) is 15.0 Å². The van der Waals surface area contributed by atoms with Gasteiger partial charge in [-0.2, -0.15) is 18.3 Å². The van der Waals surface area contributed by atoms with E-state index in [0.29, 0.717) is 41.8 Å². The maximum atomic E-state index is 14.8. The number of aromatic nitrogens is 4. The maximum absolute atomic E-state index is 14.8. The number of benzene rings is 2. The molecule has 2 fully saturated rings. The van der Waals surface area contributed by atoms with Crippen LogP contribution >= 0.6 is 11.6 Å². The molecule has 7 rings (SSSR count). The summed E-state index contributed by atoms with van der Waals surface area (Å²) in [6.45, 7) is 5.13. The number of nitrogens with zero attached hydrogens (tertiary/aromatic N) is 4. The fourth-order valence-corrected chi connectivity index (χ4v) is 6.83. The molecule has 13 heteroatoms. The van der Waals surface area contributed by atoms with Gasteiger partial charge in [0.15, 0.2) is 17.3 Å². The van der Waals surface area contributed by atoms with Gasteiger partial charge in [-0.05, 0) is 80.6 Å². The van der Waals surface area contributed by atoms with Crippen LogP contribution in [-0.4, -0.2) is 51.4 Å². The zero-order valence-electron chi connectivity index (χ0n) is 25.0. The Kier molecular flexibility index (Phi) is 8.14. The summed E-state index contributed by atoms with van der Waals surface area (Å²) in [5.74, 6) is -1.48. The van der Waals surface area contributed by atoms with Crippen molar-refractivity contribution in [2.45, 2.75) is 63.0 Å². The molecule has 3 aliphatic heterocycles. The Balaban J connectivity index is 1.07. The van der Waals surface area contributed by atoms with Gasteiger partial charge in [0.1, 0.15) is 5.82 Å².